The molecule has 0 bridgehead atoms. The summed E-state index contributed by atoms with van der Waals surface area (Å²) < 4.78 is 1.42. The fraction of sp³-hybridized carbons (Fsp3) is 0.250. The van der Waals surface area contributed by atoms with Gasteiger partial charge in [0.25, 0.3) is 0 Å². The molecule has 0 radical (unpaired) electrons. The summed E-state index contributed by atoms with van der Waals surface area (Å²) >= 11 is 1.46. The second kappa shape index (κ2) is 15.5. The van der Waals surface area contributed by atoms with Gasteiger partial charge in [-0.1, -0.05) is 106 Å². The van der Waals surface area contributed by atoms with Crippen LogP contribution in [0.5, 0.6) is 0 Å². The number of hydrogen-bond acceptors (Lipinski definition) is 0. The number of rotatable bonds is 6. The van der Waals surface area contributed by atoms with E-state index in [0.717, 1.165) is 6.42 Å². The van der Waals surface area contributed by atoms with E-state index < -0.39 is 0 Å². The first kappa shape index (κ1) is 35.0. The third-order valence-corrected chi connectivity index (χ3v) is 9.56. The number of benzene rings is 4. The van der Waals surface area contributed by atoms with E-state index in [9.17, 15) is 0 Å². The van der Waals surface area contributed by atoms with Gasteiger partial charge in [-0.05, 0) is 24.2 Å². The molecule has 43 heavy (non-hydrogen) atoms. The summed E-state index contributed by atoms with van der Waals surface area (Å²) in [6.45, 7) is 14.2. The van der Waals surface area contributed by atoms with Crippen LogP contribution < -0.4 is 24.8 Å². The van der Waals surface area contributed by atoms with Gasteiger partial charge in [0.05, 0.1) is 0 Å². The molecule has 0 saturated heterocycles. The first-order valence-corrected chi connectivity index (χ1v) is 16.3. The number of hydrogen-bond donors (Lipinski definition) is 0. The fourth-order valence-electron chi connectivity index (χ4n) is 6.45. The van der Waals surface area contributed by atoms with Gasteiger partial charge in [-0.15, -0.1) is 33.7 Å². The van der Waals surface area contributed by atoms with Crippen LogP contribution >= 0.6 is 0 Å². The molecule has 1 aliphatic rings. The third-order valence-electron chi connectivity index (χ3n) is 8.14. The Morgan fingerprint density at radius 1 is 0.651 bits per heavy atom. The first-order chi connectivity index (χ1) is 19.8. The molecular formula is C40H41Cl2Zr-. The average molecular weight is 684 g/mol. The van der Waals surface area contributed by atoms with Crippen LogP contribution in [0.15, 0.2) is 109 Å². The van der Waals surface area contributed by atoms with Crippen LogP contribution in [0.1, 0.15) is 99.1 Å². The average Bonchev–Trinajstić information content (AvgIpc) is 3.65. The molecule has 0 amide bonds. The minimum absolute atomic E-state index is 0. The predicted molar refractivity (Wildman–Crippen MR) is 177 cm³/mol. The van der Waals surface area contributed by atoms with Crippen molar-refractivity contribution in [2.24, 2.45) is 0 Å². The molecule has 0 N–H and O–H groups in total. The molecule has 1 aliphatic carbocycles. The second-order valence-electron chi connectivity index (χ2n) is 12.0. The van der Waals surface area contributed by atoms with Crippen molar-refractivity contribution in [3.8, 4) is 0 Å². The van der Waals surface area contributed by atoms with E-state index in [1.807, 2.05) is 0 Å². The monoisotopic (exact) mass is 681 g/mol. The van der Waals surface area contributed by atoms with Crippen molar-refractivity contribution in [3.05, 3.63) is 143 Å². The van der Waals surface area contributed by atoms with Gasteiger partial charge in [0.1, 0.15) is 0 Å². The van der Waals surface area contributed by atoms with Gasteiger partial charge >= 0.3 is 99.2 Å². The van der Waals surface area contributed by atoms with E-state index in [2.05, 4.69) is 151 Å². The van der Waals surface area contributed by atoms with E-state index in [-0.39, 0.29) is 24.8 Å². The summed E-state index contributed by atoms with van der Waals surface area (Å²) in [6, 6.07) is 32.5. The van der Waals surface area contributed by atoms with Crippen molar-refractivity contribution in [2.45, 2.75) is 65.7 Å². The molecule has 0 unspecified atom stereocenters. The number of allylic oxidation sites excluding steroid dienone is 4. The zero-order valence-electron chi connectivity index (χ0n) is 26.1. The van der Waals surface area contributed by atoms with Gasteiger partial charge < -0.3 is 24.8 Å². The maximum atomic E-state index is 2.45. The van der Waals surface area contributed by atoms with E-state index in [0.29, 0.717) is 17.8 Å². The summed E-state index contributed by atoms with van der Waals surface area (Å²) in [4.78, 5) is 0. The summed E-state index contributed by atoms with van der Waals surface area (Å²) in [7, 11) is 0. The van der Waals surface area contributed by atoms with Crippen LogP contribution in [-0.2, 0) is 24.2 Å². The Hall–Kier alpha value is -2.44. The predicted octanol–water partition coefficient (Wildman–Crippen LogP) is 5.24. The van der Waals surface area contributed by atoms with E-state index in [1.54, 1.807) is 16.7 Å². The van der Waals surface area contributed by atoms with Gasteiger partial charge in [0.2, 0.25) is 0 Å². The van der Waals surface area contributed by atoms with Crippen LogP contribution in [0.4, 0.5) is 0 Å². The first-order valence-electron chi connectivity index (χ1n) is 15.0. The molecule has 0 spiro atoms. The summed E-state index contributed by atoms with van der Waals surface area (Å²) in [5.41, 5.74) is 10.4. The second-order valence-corrected chi connectivity index (χ2v) is 13.3. The Labute approximate surface area is 285 Å². The molecule has 6 rings (SSSR count). The Morgan fingerprint density at radius 2 is 1.16 bits per heavy atom. The van der Waals surface area contributed by atoms with Crippen LogP contribution in [0.2, 0.25) is 0 Å². The molecule has 0 heterocycles. The molecule has 0 saturated carbocycles. The molecule has 0 nitrogen and oxygen atoms in total. The van der Waals surface area contributed by atoms with Gasteiger partial charge in [-0.3, -0.25) is 0 Å². The Bertz CT molecular complexity index is 1690. The topological polar surface area (TPSA) is 0 Å². The summed E-state index contributed by atoms with van der Waals surface area (Å²) in [5.74, 6) is 1.54. The molecule has 5 aromatic carbocycles. The molecule has 0 aliphatic heterocycles. The standard InChI is InChI=1S/C27H31.C13H10.2ClH.Zr/c1-16(2)23-24(17(3)4)26(19-11-7-8-12-19)22-15-20-13-9-10-14-21(20)27(22)25(23)18(5)6;1-3-7-12(8-4-1)11-13-9-5-2-6-10-13;;;/h7-11,13-18H,12H2,1-6H3;1-10H;2*1H;/q-1;;;;+2/p-2. The molecule has 5 aromatic rings. The van der Waals surface area contributed by atoms with Crippen molar-refractivity contribution in [1.82, 2.24) is 0 Å². The van der Waals surface area contributed by atoms with E-state index >= 15 is 0 Å². The quantitative estimate of drug-likeness (QED) is 0.215. The molecule has 220 valence electrons. The Morgan fingerprint density at radius 3 is 1.65 bits per heavy atom. The van der Waals surface area contributed by atoms with Crippen LogP contribution in [-0.4, -0.2) is 3.21 Å². The molecule has 3 heteroatoms. The van der Waals surface area contributed by atoms with E-state index in [4.69, 9.17) is 0 Å². The summed E-state index contributed by atoms with van der Waals surface area (Å²) in [6.07, 6.45) is 7.89. The Balaban J connectivity index is 0.000000269. The van der Waals surface area contributed by atoms with Gasteiger partial charge in [-0.25, -0.2) is 0 Å². The van der Waals surface area contributed by atoms with Gasteiger partial charge in [-0.2, -0.15) is 0 Å². The minimum atomic E-state index is 0. The zero-order chi connectivity index (χ0) is 29.1. The van der Waals surface area contributed by atoms with Crippen molar-refractivity contribution in [2.75, 3.05) is 0 Å². The summed E-state index contributed by atoms with van der Waals surface area (Å²) in [5, 5.41) is 5.75. The van der Waals surface area contributed by atoms with Crippen molar-refractivity contribution >= 4 is 30.3 Å². The fourth-order valence-corrected chi connectivity index (χ4v) is 7.27. The van der Waals surface area contributed by atoms with Gasteiger partial charge in [0, 0.05) is 0 Å². The van der Waals surface area contributed by atoms with Crippen molar-refractivity contribution < 1.29 is 49.0 Å². The number of halogens is 2. The third kappa shape index (κ3) is 7.28. The normalized spacial score (nSPS) is 12.3. The van der Waals surface area contributed by atoms with Crippen LogP contribution in [0.25, 0.3) is 27.1 Å². The SMILES string of the molecule is CC(C)c1c(C(C)C)c(C(C)C)c2c([cH-]c3ccccc32)c1C1=CC=CC1.[Cl-].[Cl-].[Zr+2]=[C](c1ccccc1)c1ccccc1. The zero-order valence-corrected chi connectivity index (χ0v) is 30.1. The Kier molecular flexibility index (Phi) is 12.7. The van der Waals surface area contributed by atoms with Gasteiger partial charge in [0.15, 0.2) is 0 Å². The maximum absolute atomic E-state index is 2.45. The molecular weight excluding hydrogens is 643 g/mol. The molecule has 0 atom stereocenters. The van der Waals surface area contributed by atoms with Crippen LogP contribution in [0, 0.1) is 0 Å². The number of fused-ring (bicyclic) bond motifs is 3. The van der Waals surface area contributed by atoms with Crippen LogP contribution in [0.3, 0.4) is 0 Å². The molecule has 0 aromatic heterocycles. The van der Waals surface area contributed by atoms with Crippen molar-refractivity contribution in [1.29, 1.82) is 0 Å². The molecule has 0 fully saturated rings. The van der Waals surface area contributed by atoms with Crippen molar-refractivity contribution in [3.63, 3.8) is 0 Å². The van der Waals surface area contributed by atoms with E-state index in [1.165, 1.54) is 71.2 Å².